The average Bonchev–Trinajstić information content (AvgIpc) is 3.27. The van der Waals surface area contributed by atoms with Gasteiger partial charge in [-0.15, -0.1) is 0 Å². The number of aromatic nitrogens is 3. The Hall–Kier alpha value is -3.22. The van der Waals surface area contributed by atoms with Crippen LogP contribution in [0, 0.1) is 5.82 Å². The lowest BCUT2D eigenvalue weighted by Gasteiger charge is -2.22. The van der Waals surface area contributed by atoms with E-state index in [9.17, 15) is 9.18 Å². The molecule has 0 aliphatic heterocycles. The van der Waals surface area contributed by atoms with Crippen LogP contribution in [-0.4, -0.2) is 25.6 Å². The van der Waals surface area contributed by atoms with E-state index >= 15 is 0 Å². The highest BCUT2D eigenvalue weighted by molar-refractivity contribution is 6.42. The summed E-state index contributed by atoms with van der Waals surface area (Å²) >= 11 is 12.2. The number of benzene rings is 2. The number of nitrogens with zero attached hydrogens (tertiary/aromatic N) is 4. The van der Waals surface area contributed by atoms with E-state index in [1.165, 1.54) is 16.8 Å². The van der Waals surface area contributed by atoms with Gasteiger partial charge in [0.2, 0.25) is 0 Å². The van der Waals surface area contributed by atoms with E-state index in [1.54, 1.807) is 47.6 Å². The van der Waals surface area contributed by atoms with E-state index in [2.05, 4.69) is 10.1 Å². The van der Waals surface area contributed by atoms with E-state index in [1.807, 2.05) is 24.3 Å². The summed E-state index contributed by atoms with van der Waals surface area (Å²) in [5.74, 6) is -0.604. The van der Waals surface area contributed by atoms with Crippen LogP contribution in [0.4, 0.5) is 4.39 Å². The van der Waals surface area contributed by atoms with Crippen LogP contribution in [0.15, 0.2) is 79.1 Å². The second kappa shape index (κ2) is 9.29. The van der Waals surface area contributed by atoms with Crippen molar-refractivity contribution < 1.29 is 9.18 Å². The Morgan fingerprint density at radius 3 is 2.48 bits per heavy atom. The minimum Gasteiger partial charge on any atom is -0.327 e. The number of amides is 1. The minimum absolute atomic E-state index is 0.264. The highest BCUT2D eigenvalue weighted by atomic mass is 35.5. The van der Waals surface area contributed by atoms with Crippen molar-refractivity contribution in [1.29, 1.82) is 0 Å². The molecular formula is C23H17Cl2FN4O. The van der Waals surface area contributed by atoms with Crippen molar-refractivity contribution in [2.24, 2.45) is 0 Å². The molecule has 8 heteroatoms. The van der Waals surface area contributed by atoms with Gasteiger partial charge in [-0.3, -0.25) is 9.78 Å². The number of pyridine rings is 1. The molecule has 0 spiro atoms. The molecule has 4 rings (SSSR count). The normalized spacial score (nSPS) is 10.8. The monoisotopic (exact) mass is 454 g/mol. The molecule has 0 N–H and O–H groups in total. The van der Waals surface area contributed by atoms with E-state index in [4.69, 9.17) is 23.2 Å². The Morgan fingerprint density at radius 2 is 1.77 bits per heavy atom. The number of halogens is 3. The Bertz CT molecular complexity index is 1200. The number of carbonyl (C=O) groups is 1. The molecule has 0 radical (unpaired) electrons. The van der Waals surface area contributed by atoms with Crippen molar-refractivity contribution >= 4 is 29.1 Å². The largest absolute Gasteiger partial charge is 0.327 e. The maximum absolute atomic E-state index is 13.3. The van der Waals surface area contributed by atoms with Crippen molar-refractivity contribution in [2.75, 3.05) is 0 Å². The molecule has 0 atom stereocenters. The molecule has 0 saturated carbocycles. The number of hydrogen-bond acceptors (Lipinski definition) is 3. The van der Waals surface area contributed by atoms with Crippen LogP contribution in [0.2, 0.25) is 10.0 Å². The van der Waals surface area contributed by atoms with Gasteiger partial charge in [-0.2, -0.15) is 5.10 Å². The zero-order valence-electron chi connectivity index (χ0n) is 16.3. The van der Waals surface area contributed by atoms with Gasteiger partial charge in [0.25, 0.3) is 5.91 Å². The van der Waals surface area contributed by atoms with Crippen LogP contribution in [0.3, 0.4) is 0 Å². The lowest BCUT2D eigenvalue weighted by atomic mass is 10.2. The highest BCUT2D eigenvalue weighted by Crippen LogP contribution is 2.24. The van der Waals surface area contributed by atoms with Gasteiger partial charge in [0.1, 0.15) is 5.82 Å². The summed E-state index contributed by atoms with van der Waals surface area (Å²) in [7, 11) is 0. The first-order valence-corrected chi connectivity index (χ1v) is 10.2. The van der Waals surface area contributed by atoms with Crippen LogP contribution in [0.25, 0.3) is 5.69 Å². The van der Waals surface area contributed by atoms with Gasteiger partial charge >= 0.3 is 0 Å². The number of hydrogen-bond donors (Lipinski definition) is 0. The summed E-state index contributed by atoms with van der Waals surface area (Å²) in [4.78, 5) is 19.3. The van der Waals surface area contributed by atoms with Gasteiger partial charge < -0.3 is 4.90 Å². The van der Waals surface area contributed by atoms with Crippen molar-refractivity contribution in [3.8, 4) is 5.69 Å². The maximum Gasteiger partial charge on any atom is 0.275 e. The predicted molar refractivity (Wildman–Crippen MR) is 118 cm³/mol. The smallest absolute Gasteiger partial charge is 0.275 e. The molecular weight excluding hydrogens is 438 g/mol. The number of carbonyl (C=O) groups excluding carboxylic acids is 1. The first-order chi connectivity index (χ1) is 15.0. The Balaban J connectivity index is 1.61. The van der Waals surface area contributed by atoms with Gasteiger partial charge in [0.15, 0.2) is 5.69 Å². The van der Waals surface area contributed by atoms with Crippen LogP contribution in [-0.2, 0) is 13.1 Å². The summed E-state index contributed by atoms with van der Waals surface area (Å²) in [6.45, 7) is 0.596. The SMILES string of the molecule is O=C(c1ccn(-c2ccc(F)cc2)n1)N(Cc1ccc(Cl)c(Cl)c1)Cc1ccccn1. The van der Waals surface area contributed by atoms with Crippen molar-refractivity contribution in [2.45, 2.75) is 13.1 Å². The summed E-state index contributed by atoms with van der Waals surface area (Å²) in [5.41, 5.74) is 2.49. The molecule has 31 heavy (non-hydrogen) atoms. The van der Waals surface area contributed by atoms with E-state index < -0.39 is 0 Å². The molecule has 5 nitrogen and oxygen atoms in total. The Kier molecular flexibility index (Phi) is 6.30. The lowest BCUT2D eigenvalue weighted by molar-refractivity contribution is 0.0721. The van der Waals surface area contributed by atoms with Gasteiger partial charge in [-0.25, -0.2) is 9.07 Å². The van der Waals surface area contributed by atoms with Crippen molar-refractivity contribution in [1.82, 2.24) is 19.7 Å². The van der Waals surface area contributed by atoms with Crippen LogP contribution in [0.5, 0.6) is 0 Å². The fraction of sp³-hybridized carbons (Fsp3) is 0.0870. The third kappa shape index (κ3) is 5.10. The summed E-state index contributed by atoms with van der Waals surface area (Å²) in [6, 6.07) is 18.3. The van der Waals surface area contributed by atoms with E-state index in [0.29, 0.717) is 28.8 Å². The molecule has 0 bridgehead atoms. The quantitative estimate of drug-likeness (QED) is 0.383. The first kappa shape index (κ1) is 21.0. The van der Waals surface area contributed by atoms with Gasteiger partial charge in [0, 0.05) is 18.9 Å². The molecule has 2 aromatic carbocycles. The van der Waals surface area contributed by atoms with Crippen LogP contribution >= 0.6 is 23.2 Å². The zero-order valence-corrected chi connectivity index (χ0v) is 17.8. The van der Waals surface area contributed by atoms with Crippen molar-refractivity contribution in [3.05, 3.63) is 112 Å². The molecule has 0 saturated heterocycles. The maximum atomic E-state index is 13.3. The molecule has 4 aromatic rings. The summed E-state index contributed by atoms with van der Waals surface area (Å²) in [6.07, 6.45) is 3.35. The average molecular weight is 455 g/mol. The Labute approximate surface area is 188 Å². The third-order valence-electron chi connectivity index (χ3n) is 4.62. The summed E-state index contributed by atoms with van der Waals surface area (Å²) in [5, 5.41) is 5.25. The standard InChI is InChI=1S/C23H17Cl2FN4O/c24-20-9-4-16(13-21(20)25)14-29(15-18-3-1-2-11-27-18)23(31)22-10-12-30(28-22)19-7-5-17(26)6-8-19/h1-13H,14-15H2. The summed E-state index contributed by atoms with van der Waals surface area (Å²) < 4.78 is 14.7. The molecule has 2 aromatic heterocycles. The predicted octanol–water partition coefficient (Wildman–Crippen LogP) is 5.56. The molecule has 156 valence electrons. The highest BCUT2D eigenvalue weighted by Gasteiger charge is 2.20. The second-order valence-electron chi connectivity index (χ2n) is 6.85. The lowest BCUT2D eigenvalue weighted by Crippen LogP contribution is -2.31. The zero-order chi connectivity index (χ0) is 21.8. The van der Waals surface area contributed by atoms with Crippen LogP contribution in [0.1, 0.15) is 21.7 Å². The van der Waals surface area contributed by atoms with Crippen LogP contribution < -0.4 is 0 Å². The molecule has 0 fully saturated rings. The molecule has 0 unspecified atom stereocenters. The van der Waals surface area contributed by atoms with Gasteiger partial charge in [0.05, 0.1) is 28.0 Å². The fourth-order valence-electron chi connectivity index (χ4n) is 3.08. The fourth-order valence-corrected chi connectivity index (χ4v) is 3.40. The van der Waals surface area contributed by atoms with Crippen molar-refractivity contribution in [3.63, 3.8) is 0 Å². The molecule has 2 heterocycles. The topological polar surface area (TPSA) is 51.0 Å². The minimum atomic E-state index is -0.338. The molecule has 0 aliphatic carbocycles. The first-order valence-electron chi connectivity index (χ1n) is 9.44. The van der Waals surface area contributed by atoms with Gasteiger partial charge in [-0.1, -0.05) is 35.3 Å². The van der Waals surface area contributed by atoms with Gasteiger partial charge in [-0.05, 0) is 60.2 Å². The molecule has 1 amide bonds. The molecule has 0 aliphatic rings. The number of rotatable bonds is 6. The third-order valence-corrected chi connectivity index (χ3v) is 5.36. The Morgan fingerprint density at radius 1 is 0.968 bits per heavy atom. The van der Waals surface area contributed by atoms with E-state index in [0.717, 1.165) is 11.3 Å². The second-order valence-corrected chi connectivity index (χ2v) is 7.67. The van der Waals surface area contributed by atoms with E-state index in [-0.39, 0.29) is 17.4 Å².